The molecule has 0 saturated carbocycles. The van der Waals surface area contributed by atoms with Gasteiger partial charge in [0.25, 0.3) is 0 Å². The number of anilines is 2. The van der Waals surface area contributed by atoms with E-state index in [1.807, 2.05) is 32.0 Å². The van der Waals surface area contributed by atoms with Crippen molar-refractivity contribution in [2.45, 2.75) is 38.4 Å². The SMILES string of the molecule is CC1(C)CO[C@@H](CNc2cccc(-c3cc(NC(=O)[C@@H]4CCCNC4)ncc3Cl)n2)CO1. The molecule has 32 heavy (non-hydrogen) atoms. The molecule has 0 aromatic carbocycles. The first-order chi connectivity index (χ1) is 15.4. The Kier molecular flexibility index (Phi) is 7.25. The number of halogens is 1. The summed E-state index contributed by atoms with van der Waals surface area (Å²) < 4.78 is 11.7. The van der Waals surface area contributed by atoms with Crippen LogP contribution < -0.4 is 16.0 Å². The maximum atomic E-state index is 12.6. The Morgan fingerprint density at radius 1 is 1.34 bits per heavy atom. The lowest BCUT2D eigenvalue weighted by molar-refractivity contribution is -0.170. The van der Waals surface area contributed by atoms with E-state index < -0.39 is 0 Å². The zero-order chi connectivity index (χ0) is 22.6. The molecule has 8 nitrogen and oxygen atoms in total. The van der Waals surface area contributed by atoms with Gasteiger partial charge in [0.1, 0.15) is 11.6 Å². The van der Waals surface area contributed by atoms with Crippen LogP contribution >= 0.6 is 11.6 Å². The van der Waals surface area contributed by atoms with E-state index in [1.165, 1.54) is 0 Å². The highest BCUT2D eigenvalue weighted by Gasteiger charge is 2.28. The van der Waals surface area contributed by atoms with Crippen LogP contribution in [0.25, 0.3) is 11.3 Å². The zero-order valence-electron chi connectivity index (χ0n) is 18.5. The summed E-state index contributed by atoms with van der Waals surface area (Å²) >= 11 is 6.41. The van der Waals surface area contributed by atoms with Crippen LogP contribution in [0, 0.1) is 5.92 Å². The Hall–Kier alpha value is -2.26. The van der Waals surface area contributed by atoms with Gasteiger partial charge in [-0.25, -0.2) is 9.97 Å². The second kappa shape index (κ2) is 10.1. The predicted octanol–water partition coefficient (Wildman–Crippen LogP) is 3.34. The highest BCUT2D eigenvalue weighted by atomic mass is 35.5. The normalized spacial score (nSPS) is 22.8. The maximum Gasteiger partial charge on any atom is 0.229 e. The van der Waals surface area contributed by atoms with Crippen molar-refractivity contribution in [3.05, 3.63) is 35.5 Å². The van der Waals surface area contributed by atoms with Gasteiger partial charge in [-0.15, -0.1) is 0 Å². The molecule has 3 N–H and O–H groups in total. The first-order valence-electron chi connectivity index (χ1n) is 11.0. The lowest BCUT2D eigenvalue weighted by Gasteiger charge is -2.35. The molecule has 0 spiro atoms. The third-order valence-electron chi connectivity index (χ3n) is 5.64. The predicted molar refractivity (Wildman–Crippen MR) is 125 cm³/mol. The number of carbonyl (C=O) groups excluding carboxylic acids is 1. The fourth-order valence-electron chi connectivity index (χ4n) is 3.75. The summed E-state index contributed by atoms with van der Waals surface area (Å²) in [5.41, 5.74) is 1.16. The number of pyridine rings is 2. The third kappa shape index (κ3) is 5.95. The van der Waals surface area contributed by atoms with Gasteiger partial charge < -0.3 is 25.4 Å². The van der Waals surface area contributed by atoms with Crippen LogP contribution in [-0.2, 0) is 14.3 Å². The monoisotopic (exact) mass is 459 g/mol. The van der Waals surface area contributed by atoms with Crippen molar-refractivity contribution in [3.63, 3.8) is 0 Å². The molecule has 2 aromatic heterocycles. The molecule has 9 heteroatoms. The highest BCUT2D eigenvalue weighted by molar-refractivity contribution is 6.33. The topological polar surface area (TPSA) is 97.4 Å². The fraction of sp³-hybridized carbons (Fsp3) is 0.522. The van der Waals surface area contributed by atoms with E-state index in [1.54, 1.807) is 12.3 Å². The lowest BCUT2D eigenvalue weighted by Crippen LogP contribution is -2.44. The molecule has 2 saturated heterocycles. The first kappa shape index (κ1) is 22.9. The number of rotatable bonds is 6. The van der Waals surface area contributed by atoms with E-state index in [2.05, 4.69) is 25.9 Å². The Labute approximate surface area is 193 Å². The van der Waals surface area contributed by atoms with Gasteiger partial charge in [-0.3, -0.25) is 4.79 Å². The molecule has 4 rings (SSSR count). The van der Waals surface area contributed by atoms with Crippen LogP contribution in [0.15, 0.2) is 30.5 Å². The molecular formula is C23H30ClN5O3. The second-order valence-electron chi connectivity index (χ2n) is 8.87. The molecule has 2 atom stereocenters. The van der Waals surface area contributed by atoms with E-state index in [0.29, 0.717) is 54.2 Å². The second-order valence-corrected chi connectivity index (χ2v) is 9.28. The van der Waals surface area contributed by atoms with E-state index in [4.69, 9.17) is 21.1 Å². The van der Waals surface area contributed by atoms with Crippen molar-refractivity contribution in [2.24, 2.45) is 5.92 Å². The minimum atomic E-state index is -0.243. The number of hydrogen-bond acceptors (Lipinski definition) is 7. The molecule has 0 unspecified atom stereocenters. The smallest absolute Gasteiger partial charge is 0.229 e. The summed E-state index contributed by atoms with van der Waals surface area (Å²) in [6.45, 7) is 7.37. The van der Waals surface area contributed by atoms with Gasteiger partial charge >= 0.3 is 0 Å². The van der Waals surface area contributed by atoms with E-state index in [9.17, 15) is 4.79 Å². The number of aromatic nitrogens is 2. The van der Waals surface area contributed by atoms with Crippen molar-refractivity contribution in [1.82, 2.24) is 15.3 Å². The van der Waals surface area contributed by atoms with Crippen LogP contribution in [0.5, 0.6) is 0 Å². The molecular weight excluding hydrogens is 430 g/mol. The number of nitrogens with zero attached hydrogens (tertiary/aromatic N) is 2. The van der Waals surface area contributed by atoms with Gasteiger partial charge in [0, 0.05) is 24.8 Å². The minimum Gasteiger partial charge on any atom is -0.371 e. The Bertz CT molecular complexity index is 939. The molecule has 2 aliphatic heterocycles. The van der Waals surface area contributed by atoms with Crippen molar-refractivity contribution in [3.8, 4) is 11.3 Å². The summed E-state index contributed by atoms with van der Waals surface area (Å²) in [7, 11) is 0. The summed E-state index contributed by atoms with van der Waals surface area (Å²) in [5, 5.41) is 9.95. The van der Waals surface area contributed by atoms with Crippen molar-refractivity contribution >= 4 is 29.1 Å². The highest BCUT2D eigenvalue weighted by Crippen LogP contribution is 2.29. The molecule has 4 heterocycles. The van der Waals surface area contributed by atoms with Gasteiger partial charge in [-0.05, 0) is 51.4 Å². The molecule has 0 bridgehead atoms. The molecule has 0 aliphatic carbocycles. The quantitative estimate of drug-likeness (QED) is 0.609. The Balaban J connectivity index is 1.41. The Morgan fingerprint density at radius 3 is 2.97 bits per heavy atom. The maximum absolute atomic E-state index is 12.6. The third-order valence-corrected chi connectivity index (χ3v) is 5.94. The summed E-state index contributed by atoms with van der Waals surface area (Å²) in [6.07, 6.45) is 3.38. The van der Waals surface area contributed by atoms with Crippen molar-refractivity contribution < 1.29 is 14.3 Å². The van der Waals surface area contributed by atoms with Gasteiger partial charge in [0.05, 0.1) is 41.6 Å². The van der Waals surface area contributed by atoms with Crippen molar-refractivity contribution in [1.29, 1.82) is 0 Å². The number of ether oxygens (including phenoxy) is 2. The number of hydrogen-bond donors (Lipinski definition) is 3. The molecule has 1 amide bonds. The average molecular weight is 460 g/mol. The first-order valence-corrected chi connectivity index (χ1v) is 11.4. The lowest BCUT2D eigenvalue weighted by atomic mass is 9.99. The number of amides is 1. The Morgan fingerprint density at radius 2 is 2.22 bits per heavy atom. The summed E-state index contributed by atoms with van der Waals surface area (Å²) in [6, 6.07) is 7.45. The number of nitrogens with one attached hydrogen (secondary N) is 3. The van der Waals surface area contributed by atoms with Crippen molar-refractivity contribution in [2.75, 3.05) is 43.5 Å². The van der Waals surface area contributed by atoms with Crippen LogP contribution in [-0.4, -0.2) is 60.4 Å². The van der Waals surface area contributed by atoms with Crippen LogP contribution in [0.3, 0.4) is 0 Å². The van der Waals surface area contributed by atoms with E-state index in [-0.39, 0.29) is 23.5 Å². The fourth-order valence-corrected chi connectivity index (χ4v) is 3.95. The van der Waals surface area contributed by atoms with Gasteiger partial charge in [-0.2, -0.15) is 0 Å². The number of piperidine rings is 1. The zero-order valence-corrected chi connectivity index (χ0v) is 19.2. The van der Waals surface area contributed by atoms with Gasteiger partial charge in [0.15, 0.2) is 0 Å². The van der Waals surface area contributed by atoms with Gasteiger partial charge in [-0.1, -0.05) is 17.7 Å². The van der Waals surface area contributed by atoms with E-state index in [0.717, 1.165) is 19.4 Å². The standard InChI is InChI=1S/C23H30ClN5O3/c1-23(2)14-31-16(13-32-23)11-26-20-7-3-6-19(28-20)17-9-21(27-12-18(17)24)29-22(30)15-5-4-8-25-10-15/h3,6-7,9,12,15-16,25H,4-5,8,10-11,13-14H2,1-2H3,(H,26,28)(H,27,29,30)/t15-,16+/m1/s1. The van der Waals surface area contributed by atoms with Crippen LogP contribution in [0.1, 0.15) is 26.7 Å². The molecule has 2 aliphatic rings. The van der Waals surface area contributed by atoms with Crippen LogP contribution in [0.2, 0.25) is 5.02 Å². The van der Waals surface area contributed by atoms with Gasteiger partial charge in [0.2, 0.25) is 5.91 Å². The van der Waals surface area contributed by atoms with Crippen LogP contribution in [0.4, 0.5) is 11.6 Å². The molecule has 172 valence electrons. The molecule has 0 radical (unpaired) electrons. The summed E-state index contributed by atoms with van der Waals surface area (Å²) in [4.78, 5) is 21.5. The largest absolute Gasteiger partial charge is 0.371 e. The average Bonchev–Trinajstić information content (AvgIpc) is 2.80. The molecule has 2 fully saturated rings. The number of carbonyl (C=O) groups is 1. The minimum absolute atomic E-state index is 0.0285. The summed E-state index contributed by atoms with van der Waals surface area (Å²) in [5.74, 6) is 1.10. The molecule has 2 aromatic rings. The van der Waals surface area contributed by atoms with E-state index >= 15 is 0 Å².